The van der Waals surface area contributed by atoms with Gasteiger partial charge in [-0.1, -0.05) is 6.42 Å². The maximum Gasteiger partial charge on any atom is 0.192 e. The lowest BCUT2D eigenvalue weighted by molar-refractivity contribution is -0.112. The SMILES string of the molecule is O=C1C2=C(CCCC2)C2=C1C(C1CCC(Cl)CC1)[S+](=O)([O-])C1CCCCC1N2. The summed E-state index contributed by atoms with van der Waals surface area (Å²) in [4.78, 5) is 13.5. The normalized spacial score (nSPS) is 43.8. The van der Waals surface area contributed by atoms with E-state index in [0.29, 0.717) is 5.57 Å². The van der Waals surface area contributed by atoms with Gasteiger partial charge in [0.2, 0.25) is 0 Å². The number of Topliss-reactive ketones (excluding diaryl/α,β-unsaturated/α-hetero) is 1. The molecule has 0 bridgehead atoms. The van der Waals surface area contributed by atoms with E-state index in [9.17, 15) is 13.6 Å². The fourth-order valence-electron chi connectivity index (χ4n) is 6.39. The van der Waals surface area contributed by atoms with Crippen molar-refractivity contribution >= 4 is 27.6 Å². The van der Waals surface area contributed by atoms with Crippen LogP contribution in [0.3, 0.4) is 0 Å². The molecule has 0 aromatic heterocycles. The molecular weight excluding hydrogens is 394 g/mol. The van der Waals surface area contributed by atoms with E-state index in [1.54, 1.807) is 0 Å². The number of fused-ring (bicyclic) bond motifs is 2. The van der Waals surface area contributed by atoms with Crippen LogP contribution in [0, 0.1) is 5.92 Å². The maximum absolute atomic E-state index is 14.0. The van der Waals surface area contributed by atoms with Crippen LogP contribution in [0.15, 0.2) is 22.4 Å². The van der Waals surface area contributed by atoms with Crippen molar-refractivity contribution in [1.29, 1.82) is 0 Å². The number of hydrogen-bond acceptors (Lipinski definition) is 4. The number of alkyl halides is 1. The van der Waals surface area contributed by atoms with E-state index in [0.717, 1.165) is 93.9 Å². The van der Waals surface area contributed by atoms with Crippen molar-refractivity contribution in [3.8, 4) is 0 Å². The zero-order valence-electron chi connectivity index (χ0n) is 16.4. The van der Waals surface area contributed by atoms with Crippen LogP contribution < -0.4 is 5.32 Å². The van der Waals surface area contributed by atoms with Crippen LogP contribution in [0.4, 0.5) is 0 Å². The van der Waals surface area contributed by atoms with E-state index >= 15 is 0 Å². The molecule has 1 heterocycles. The number of hydrogen-bond donors (Lipinski definition) is 1. The largest absolute Gasteiger partial charge is 0.614 e. The van der Waals surface area contributed by atoms with Crippen LogP contribution in [0.1, 0.15) is 77.0 Å². The minimum Gasteiger partial charge on any atom is -0.614 e. The number of carbonyl (C=O) groups excluding carboxylic acids is 1. The predicted octanol–water partition coefficient (Wildman–Crippen LogP) is 4.40. The molecule has 4 aliphatic carbocycles. The number of carbonyl (C=O) groups is 1. The number of rotatable bonds is 1. The molecule has 0 amide bonds. The molecule has 0 spiro atoms. The Hall–Kier alpha value is -0.650. The number of ketones is 1. The Bertz CT molecular complexity index is 796. The van der Waals surface area contributed by atoms with Crippen molar-refractivity contribution in [1.82, 2.24) is 5.32 Å². The van der Waals surface area contributed by atoms with Gasteiger partial charge in [-0.15, -0.1) is 15.8 Å². The van der Waals surface area contributed by atoms with Crippen LogP contribution in [0.25, 0.3) is 0 Å². The minimum absolute atomic E-state index is 0.0257. The van der Waals surface area contributed by atoms with Gasteiger partial charge in [-0.2, -0.15) is 0 Å². The van der Waals surface area contributed by atoms with Crippen LogP contribution >= 0.6 is 11.6 Å². The fourth-order valence-corrected chi connectivity index (χ4v) is 9.53. The van der Waals surface area contributed by atoms with Gasteiger partial charge in [0.05, 0.1) is 27.5 Å². The lowest BCUT2D eigenvalue weighted by Crippen LogP contribution is -2.52. The Labute approximate surface area is 173 Å². The van der Waals surface area contributed by atoms with Crippen LogP contribution in [0.2, 0.25) is 0 Å². The smallest absolute Gasteiger partial charge is 0.192 e. The summed E-state index contributed by atoms with van der Waals surface area (Å²) in [5.74, 6) is 0.0650. The molecule has 0 aromatic rings. The summed E-state index contributed by atoms with van der Waals surface area (Å²) in [6, 6.07) is -0.0420. The molecule has 2 saturated carbocycles. The van der Waals surface area contributed by atoms with E-state index < -0.39 is 15.5 Å². The van der Waals surface area contributed by atoms with Crippen molar-refractivity contribution in [2.24, 2.45) is 5.92 Å². The van der Waals surface area contributed by atoms with Crippen molar-refractivity contribution in [3.05, 3.63) is 22.4 Å². The highest BCUT2D eigenvalue weighted by molar-refractivity contribution is 7.99. The Morgan fingerprint density at radius 3 is 2.36 bits per heavy atom. The summed E-state index contributed by atoms with van der Waals surface area (Å²) in [6.45, 7) is 0. The maximum atomic E-state index is 14.0. The van der Waals surface area contributed by atoms with Gasteiger partial charge in [-0.05, 0) is 76.2 Å². The topological polar surface area (TPSA) is 69.2 Å². The van der Waals surface area contributed by atoms with Gasteiger partial charge >= 0.3 is 0 Å². The molecule has 1 aliphatic heterocycles. The van der Waals surface area contributed by atoms with Gasteiger partial charge in [-0.25, -0.2) is 0 Å². The zero-order valence-corrected chi connectivity index (χ0v) is 18.0. The van der Waals surface area contributed by atoms with Gasteiger partial charge in [0.25, 0.3) is 0 Å². The standard InChI is InChI=1S/C22H30ClNO3S/c23-14-11-9-13(10-12-14)22-19-20(15-5-1-2-6-16(15)21(19)25)24-17-7-3-4-8-18(17)28(22,26)27/h13-14,17-18,22H,1-12H2,(H-,24,25,26,27). The second kappa shape index (κ2) is 7.24. The highest BCUT2D eigenvalue weighted by Gasteiger charge is 2.56. The van der Waals surface area contributed by atoms with Gasteiger partial charge < -0.3 is 9.87 Å². The molecule has 6 heteroatoms. The fraction of sp³-hybridized carbons (Fsp3) is 0.773. The number of nitrogens with one attached hydrogen (secondary N) is 1. The molecule has 5 aliphatic rings. The van der Waals surface area contributed by atoms with Crippen LogP contribution in [-0.2, 0) is 19.2 Å². The molecule has 5 rings (SSSR count). The Balaban J connectivity index is 1.62. The number of allylic oxidation sites excluding steroid dienone is 2. The van der Waals surface area contributed by atoms with Crippen LogP contribution in [0.5, 0.6) is 0 Å². The molecule has 0 radical (unpaired) electrons. The average Bonchev–Trinajstić information content (AvgIpc) is 2.90. The molecule has 4 nitrogen and oxygen atoms in total. The summed E-state index contributed by atoms with van der Waals surface area (Å²) in [5.41, 5.74) is 3.59. The van der Waals surface area contributed by atoms with Crippen molar-refractivity contribution in [2.45, 2.75) is 99.0 Å². The molecule has 4 unspecified atom stereocenters. The van der Waals surface area contributed by atoms with Gasteiger partial charge in [-0.3, -0.25) is 4.79 Å². The van der Waals surface area contributed by atoms with E-state index in [-0.39, 0.29) is 28.4 Å². The lowest BCUT2D eigenvalue weighted by atomic mass is 9.83. The van der Waals surface area contributed by atoms with Gasteiger partial charge in [0.15, 0.2) is 11.0 Å². The first-order valence-electron chi connectivity index (χ1n) is 11.1. The molecule has 0 saturated heterocycles. The highest BCUT2D eigenvalue weighted by Crippen LogP contribution is 2.49. The Kier molecular flexibility index (Phi) is 5.00. The minimum atomic E-state index is -3.42. The second-order valence-electron chi connectivity index (χ2n) is 9.38. The second-order valence-corrected chi connectivity index (χ2v) is 12.3. The van der Waals surface area contributed by atoms with E-state index in [2.05, 4.69) is 5.32 Å². The third-order valence-corrected chi connectivity index (χ3v) is 11.0. The summed E-state index contributed by atoms with van der Waals surface area (Å²) >= 11 is 6.33. The number of halogens is 1. The summed E-state index contributed by atoms with van der Waals surface area (Å²) < 4.78 is 27.9. The van der Waals surface area contributed by atoms with E-state index in [1.807, 2.05) is 0 Å². The first kappa shape index (κ1) is 19.3. The quantitative estimate of drug-likeness (QED) is 0.501. The van der Waals surface area contributed by atoms with E-state index in [4.69, 9.17) is 11.6 Å². The summed E-state index contributed by atoms with van der Waals surface area (Å²) in [6.07, 6.45) is 10.8. The molecule has 4 atom stereocenters. The zero-order chi connectivity index (χ0) is 19.5. The van der Waals surface area contributed by atoms with Gasteiger partial charge in [0, 0.05) is 16.9 Å². The third-order valence-electron chi connectivity index (χ3n) is 7.78. The molecule has 154 valence electrons. The predicted molar refractivity (Wildman–Crippen MR) is 111 cm³/mol. The van der Waals surface area contributed by atoms with Crippen molar-refractivity contribution < 1.29 is 13.6 Å². The van der Waals surface area contributed by atoms with Crippen LogP contribution in [-0.4, -0.2) is 32.3 Å². The molecule has 2 fully saturated rings. The first-order chi connectivity index (χ1) is 13.5. The third kappa shape index (κ3) is 2.95. The average molecular weight is 424 g/mol. The Morgan fingerprint density at radius 2 is 1.61 bits per heavy atom. The summed E-state index contributed by atoms with van der Waals surface area (Å²) in [5, 5.41) is 2.79. The molecule has 0 aromatic carbocycles. The first-order valence-corrected chi connectivity index (χ1v) is 13.2. The van der Waals surface area contributed by atoms with Gasteiger partial charge in [0.1, 0.15) is 5.25 Å². The molecule has 1 N–H and O–H groups in total. The Morgan fingerprint density at radius 1 is 0.929 bits per heavy atom. The highest BCUT2D eigenvalue weighted by atomic mass is 35.5. The molecule has 28 heavy (non-hydrogen) atoms. The number of sulfone groups is 1. The van der Waals surface area contributed by atoms with E-state index in [1.165, 1.54) is 0 Å². The van der Waals surface area contributed by atoms with Crippen molar-refractivity contribution in [2.75, 3.05) is 0 Å². The van der Waals surface area contributed by atoms with Crippen molar-refractivity contribution in [3.63, 3.8) is 0 Å². The summed E-state index contributed by atoms with van der Waals surface area (Å²) in [7, 11) is -3.42. The molecular formula is C22H30ClNO3S. The monoisotopic (exact) mass is 423 g/mol. The lowest BCUT2D eigenvalue weighted by Gasteiger charge is -2.40.